The molecule has 1 aliphatic rings. The van der Waals surface area contributed by atoms with Crippen LogP contribution in [0.5, 0.6) is 0 Å². The smallest absolute Gasteiger partial charge is 0.338 e. The van der Waals surface area contributed by atoms with Crippen LogP contribution < -0.4 is 5.32 Å². The molecule has 0 radical (unpaired) electrons. The second kappa shape index (κ2) is 7.54. The predicted octanol–water partition coefficient (Wildman–Crippen LogP) is 2.00. The first-order valence-electron chi connectivity index (χ1n) is 7.53. The number of ether oxygens (including phenoxy) is 1. The Labute approximate surface area is 134 Å². The molecule has 120 valence electrons. The number of rotatable bonds is 5. The van der Waals surface area contributed by atoms with Gasteiger partial charge in [-0.3, -0.25) is 9.59 Å². The zero-order valence-corrected chi connectivity index (χ0v) is 12.7. The van der Waals surface area contributed by atoms with Crippen LogP contribution in [0.3, 0.4) is 0 Å². The summed E-state index contributed by atoms with van der Waals surface area (Å²) < 4.78 is 4.95. The summed E-state index contributed by atoms with van der Waals surface area (Å²) >= 11 is 0. The molecule has 1 aromatic carbocycles. The normalized spacial score (nSPS) is 16.0. The van der Waals surface area contributed by atoms with Gasteiger partial charge in [0.1, 0.15) is 11.8 Å². The summed E-state index contributed by atoms with van der Waals surface area (Å²) in [5, 5.41) is 12.0. The van der Waals surface area contributed by atoms with Gasteiger partial charge >= 0.3 is 5.97 Å². The van der Waals surface area contributed by atoms with E-state index >= 15 is 0 Å². The molecule has 0 heterocycles. The molecule has 0 unspecified atom stereocenters. The maximum absolute atomic E-state index is 11.9. The lowest BCUT2D eigenvalue weighted by Crippen LogP contribution is -2.50. The summed E-state index contributed by atoms with van der Waals surface area (Å²) in [4.78, 5) is 34.3. The van der Waals surface area contributed by atoms with Crippen molar-refractivity contribution in [1.29, 1.82) is 5.26 Å². The number of carbonyl (C=O) groups excluding carboxylic acids is 3. The van der Waals surface area contributed by atoms with Crippen LogP contribution in [0.15, 0.2) is 24.3 Å². The van der Waals surface area contributed by atoms with Gasteiger partial charge in [0.15, 0.2) is 6.61 Å². The number of benzene rings is 1. The zero-order chi connectivity index (χ0) is 16.7. The Morgan fingerprint density at radius 1 is 1.22 bits per heavy atom. The molecule has 1 fully saturated rings. The van der Waals surface area contributed by atoms with Gasteiger partial charge in [0.05, 0.1) is 11.6 Å². The number of nitriles is 1. The zero-order valence-electron chi connectivity index (χ0n) is 12.7. The summed E-state index contributed by atoms with van der Waals surface area (Å²) in [6.45, 7) is -0.433. The van der Waals surface area contributed by atoms with Crippen LogP contribution in [0.25, 0.3) is 0 Å². The first-order chi connectivity index (χ1) is 11.1. The van der Waals surface area contributed by atoms with Gasteiger partial charge in [-0.1, -0.05) is 31.4 Å². The fraction of sp³-hybridized carbons (Fsp3) is 0.412. The Balaban J connectivity index is 1.86. The first-order valence-corrected chi connectivity index (χ1v) is 7.53. The van der Waals surface area contributed by atoms with Crippen LogP contribution in [0.4, 0.5) is 0 Å². The highest BCUT2D eigenvalue weighted by atomic mass is 16.5. The van der Waals surface area contributed by atoms with Gasteiger partial charge in [0.25, 0.3) is 5.91 Å². The van der Waals surface area contributed by atoms with Crippen molar-refractivity contribution >= 4 is 18.2 Å². The third-order valence-corrected chi connectivity index (χ3v) is 3.92. The molecule has 0 aliphatic heterocycles. The average molecular weight is 314 g/mol. The second-order valence-electron chi connectivity index (χ2n) is 5.62. The lowest BCUT2D eigenvalue weighted by Gasteiger charge is -2.31. The minimum Gasteiger partial charge on any atom is -0.452 e. The molecule has 0 spiro atoms. The van der Waals surface area contributed by atoms with Gasteiger partial charge in [-0.2, -0.15) is 5.26 Å². The predicted molar refractivity (Wildman–Crippen MR) is 81.7 cm³/mol. The molecule has 1 N–H and O–H groups in total. The summed E-state index contributed by atoms with van der Waals surface area (Å²) in [5.74, 6) is -1.13. The van der Waals surface area contributed by atoms with Crippen molar-refractivity contribution in [2.45, 2.75) is 37.6 Å². The van der Waals surface area contributed by atoms with Crippen LogP contribution >= 0.6 is 0 Å². The molecule has 6 nitrogen and oxygen atoms in total. The van der Waals surface area contributed by atoms with Gasteiger partial charge in [0, 0.05) is 5.56 Å². The molecule has 1 aliphatic carbocycles. The van der Waals surface area contributed by atoms with Crippen LogP contribution in [0, 0.1) is 11.3 Å². The highest BCUT2D eigenvalue weighted by molar-refractivity contribution is 5.92. The van der Waals surface area contributed by atoms with Crippen LogP contribution in [-0.4, -0.2) is 30.3 Å². The summed E-state index contributed by atoms with van der Waals surface area (Å²) in [6, 6.07) is 8.09. The van der Waals surface area contributed by atoms with Crippen LogP contribution in [0.1, 0.15) is 52.8 Å². The molecule has 6 heteroatoms. The third-order valence-electron chi connectivity index (χ3n) is 3.92. The Kier molecular flexibility index (Phi) is 5.47. The van der Waals surface area contributed by atoms with Crippen LogP contribution in [-0.2, 0) is 9.53 Å². The lowest BCUT2D eigenvalue weighted by atomic mass is 9.83. The van der Waals surface area contributed by atoms with Crippen molar-refractivity contribution in [3.8, 4) is 6.07 Å². The fourth-order valence-electron chi connectivity index (χ4n) is 2.64. The quantitative estimate of drug-likeness (QED) is 0.662. The largest absolute Gasteiger partial charge is 0.452 e. The first kappa shape index (κ1) is 16.7. The number of hydrogen-bond donors (Lipinski definition) is 1. The molecule has 1 saturated carbocycles. The van der Waals surface area contributed by atoms with E-state index in [-0.39, 0.29) is 5.56 Å². The standard InChI is InChI=1S/C17H18N2O4/c18-12-17(8-2-1-3-9-17)19-15(21)11-23-16(22)14-6-4-13(10-20)5-7-14/h4-7,10H,1-3,8-9,11H2,(H,19,21). The highest BCUT2D eigenvalue weighted by Crippen LogP contribution is 2.27. The minimum absolute atomic E-state index is 0.260. The second-order valence-corrected chi connectivity index (χ2v) is 5.62. The number of amides is 1. The van der Waals surface area contributed by atoms with E-state index in [9.17, 15) is 19.6 Å². The molecule has 0 atom stereocenters. The molecule has 0 aromatic heterocycles. The SMILES string of the molecule is N#CC1(NC(=O)COC(=O)c2ccc(C=O)cc2)CCCCC1. The summed E-state index contributed by atoms with van der Waals surface area (Å²) in [6.07, 6.45) is 4.78. The number of esters is 1. The Hall–Kier alpha value is -2.68. The number of nitrogens with one attached hydrogen (secondary N) is 1. The van der Waals surface area contributed by atoms with Crippen molar-refractivity contribution in [3.63, 3.8) is 0 Å². The summed E-state index contributed by atoms with van der Waals surface area (Å²) in [7, 11) is 0. The average Bonchev–Trinajstić information content (AvgIpc) is 2.60. The Bertz CT molecular complexity index is 625. The van der Waals surface area contributed by atoms with E-state index in [0.29, 0.717) is 24.7 Å². The molecule has 0 saturated heterocycles. The van der Waals surface area contributed by atoms with E-state index in [1.54, 1.807) is 0 Å². The Morgan fingerprint density at radius 2 is 1.87 bits per heavy atom. The van der Waals surface area contributed by atoms with E-state index in [1.807, 2.05) is 0 Å². The van der Waals surface area contributed by atoms with E-state index < -0.39 is 24.0 Å². The molecule has 1 amide bonds. The van der Waals surface area contributed by atoms with E-state index in [2.05, 4.69) is 11.4 Å². The van der Waals surface area contributed by atoms with Crippen molar-refractivity contribution in [2.75, 3.05) is 6.61 Å². The third kappa shape index (κ3) is 4.39. The number of carbonyl (C=O) groups is 3. The minimum atomic E-state index is -0.840. The number of nitrogens with zero attached hydrogens (tertiary/aromatic N) is 1. The van der Waals surface area contributed by atoms with E-state index in [0.717, 1.165) is 19.3 Å². The van der Waals surface area contributed by atoms with Crippen LogP contribution in [0.2, 0.25) is 0 Å². The maximum atomic E-state index is 11.9. The maximum Gasteiger partial charge on any atom is 0.338 e. The van der Waals surface area contributed by atoms with Crippen molar-refractivity contribution in [3.05, 3.63) is 35.4 Å². The highest BCUT2D eigenvalue weighted by Gasteiger charge is 2.33. The molecule has 1 aromatic rings. The van der Waals surface area contributed by atoms with Crippen molar-refractivity contribution in [2.24, 2.45) is 0 Å². The molecular weight excluding hydrogens is 296 g/mol. The topological polar surface area (TPSA) is 96.3 Å². The molecular formula is C17H18N2O4. The van der Waals surface area contributed by atoms with Gasteiger partial charge in [-0.05, 0) is 25.0 Å². The van der Waals surface area contributed by atoms with E-state index in [4.69, 9.17) is 4.74 Å². The number of hydrogen-bond acceptors (Lipinski definition) is 5. The molecule has 2 rings (SSSR count). The summed E-state index contributed by atoms with van der Waals surface area (Å²) in [5.41, 5.74) is -0.128. The lowest BCUT2D eigenvalue weighted by molar-refractivity contribution is -0.125. The number of aldehydes is 1. The van der Waals surface area contributed by atoms with Crippen molar-refractivity contribution in [1.82, 2.24) is 5.32 Å². The fourth-order valence-corrected chi connectivity index (χ4v) is 2.64. The molecule has 0 bridgehead atoms. The van der Waals surface area contributed by atoms with Gasteiger partial charge in [-0.25, -0.2) is 4.79 Å². The molecule has 23 heavy (non-hydrogen) atoms. The monoisotopic (exact) mass is 314 g/mol. The van der Waals surface area contributed by atoms with Gasteiger partial charge < -0.3 is 10.1 Å². The van der Waals surface area contributed by atoms with E-state index in [1.165, 1.54) is 24.3 Å². The van der Waals surface area contributed by atoms with Gasteiger partial charge in [-0.15, -0.1) is 0 Å². The van der Waals surface area contributed by atoms with Crippen molar-refractivity contribution < 1.29 is 19.1 Å². The Morgan fingerprint density at radius 3 is 2.43 bits per heavy atom. The van der Waals surface area contributed by atoms with Gasteiger partial charge in [0.2, 0.25) is 0 Å².